The summed E-state index contributed by atoms with van der Waals surface area (Å²) in [5.41, 5.74) is -0.852. The monoisotopic (exact) mass is 269 g/mol. The molecule has 1 unspecified atom stereocenters. The highest BCUT2D eigenvalue weighted by molar-refractivity contribution is 5.70. The second kappa shape index (κ2) is 4.78. The highest BCUT2D eigenvalue weighted by Gasteiger charge is 2.47. The average Bonchev–Trinajstić information content (AvgIpc) is 2.25. The maximum Gasteiger partial charge on any atom is 0.410 e. The molecule has 0 saturated carbocycles. The van der Waals surface area contributed by atoms with Gasteiger partial charge in [0, 0.05) is 5.41 Å². The lowest BCUT2D eigenvalue weighted by Gasteiger charge is -2.50. The van der Waals surface area contributed by atoms with Crippen molar-refractivity contribution in [3.8, 4) is 0 Å². The van der Waals surface area contributed by atoms with Gasteiger partial charge in [-0.05, 0) is 33.6 Å². The summed E-state index contributed by atoms with van der Waals surface area (Å²) in [5.74, 6) is 0. The topological polar surface area (TPSA) is 55.8 Å². The van der Waals surface area contributed by atoms with E-state index >= 15 is 0 Å². The quantitative estimate of drug-likeness (QED) is 0.683. The highest BCUT2D eigenvalue weighted by atomic mass is 16.6. The molecule has 2 saturated heterocycles. The third-order valence-corrected chi connectivity index (χ3v) is 3.70. The van der Waals surface area contributed by atoms with Crippen LogP contribution in [0.1, 0.15) is 40.5 Å². The number of amides is 1. The molecule has 2 aliphatic rings. The average molecular weight is 269 g/mol. The number of fused-ring (bicyclic) bond motifs is 2. The van der Waals surface area contributed by atoms with E-state index < -0.39 is 5.60 Å². The number of nitrogens with zero attached hydrogens (tertiary/aromatic N) is 1. The Balaban J connectivity index is 2.14. The molecule has 1 amide bonds. The minimum absolute atomic E-state index is 0.0578. The second-order valence-electron chi connectivity index (χ2n) is 6.91. The van der Waals surface area contributed by atoms with Crippen LogP contribution in [-0.4, -0.2) is 48.2 Å². The van der Waals surface area contributed by atoms with E-state index in [4.69, 9.17) is 9.47 Å². The van der Waals surface area contributed by atoms with Gasteiger partial charge in [0.15, 0.2) is 0 Å². The summed E-state index contributed by atoms with van der Waals surface area (Å²) in [5, 5.41) is 0. The Labute approximate surface area is 114 Å². The van der Waals surface area contributed by atoms with Gasteiger partial charge >= 0.3 is 6.09 Å². The van der Waals surface area contributed by atoms with Crippen LogP contribution in [0.15, 0.2) is 0 Å². The van der Waals surface area contributed by atoms with Crippen LogP contribution in [0.4, 0.5) is 4.79 Å². The first-order valence-corrected chi connectivity index (χ1v) is 6.79. The molecule has 3 atom stereocenters. The van der Waals surface area contributed by atoms with Gasteiger partial charge in [-0.15, -0.1) is 0 Å². The predicted octanol–water partition coefficient (Wildman–Crippen LogP) is 1.99. The lowest BCUT2D eigenvalue weighted by molar-refractivity contribution is -0.132. The van der Waals surface area contributed by atoms with Gasteiger partial charge in [0.1, 0.15) is 11.9 Å². The normalized spacial score (nSPS) is 34.8. The lowest BCUT2D eigenvalue weighted by atomic mass is 9.74. The number of morpholine rings is 1. The van der Waals surface area contributed by atoms with E-state index in [-0.39, 0.29) is 23.6 Å². The molecule has 0 spiro atoms. The number of ether oxygens (including phenoxy) is 2. The third kappa shape index (κ3) is 3.08. The summed E-state index contributed by atoms with van der Waals surface area (Å²) < 4.78 is 11.0. The van der Waals surface area contributed by atoms with Crippen LogP contribution in [0, 0.1) is 5.41 Å². The number of rotatable bonds is 1. The molecule has 5 heteroatoms. The molecular weight excluding hydrogens is 246 g/mol. The van der Waals surface area contributed by atoms with Crippen LogP contribution >= 0.6 is 0 Å². The SMILES string of the molecule is CC1(C=O)C[C@H]2COC[C@@H](C1)N2C(=O)OC(C)(C)C. The predicted molar refractivity (Wildman–Crippen MR) is 69.9 cm³/mol. The van der Waals surface area contributed by atoms with Crippen molar-refractivity contribution in [2.45, 2.75) is 58.2 Å². The van der Waals surface area contributed by atoms with Crippen LogP contribution in [0.5, 0.6) is 0 Å². The van der Waals surface area contributed by atoms with Crippen LogP contribution in [0.25, 0.3) is 0 Å². The van der Waals surface area contributed by atoms with Crippen molar-refractivity contribution in [3.63, 3.8) is 0 Å². The standard InChI is InChI=1S/C14H23NO4/c1-13(2,3)19-12(17)15-10-5-14(4,9-16)6-11(15)8-18-7-10/h9-11H,5-8H2,1-4H3/t10-,11+,14?. The number of carbonyl (C=O) groups is 2. The Bertz CT molecular complexity index is 360. The van der Waals surface area contributed by atoms with E-state index in [0.717, 1.165) is 6.29 Å². The molecule has 5 nitrogen and oxygen atoms in total. The Kier molecular flexibility index (Phi) is 3.60. The van der Waals surface area contributed by atoms with Gasteiger partial charge in [0.2, 0.25) is 0 Å². The van der Waals surface area contributed by atoms with Gasteiger partial charge in [0.05, 0.1) is 25.3 Å². The van der Waals surface area contributed by atoms with Gasteiger partial charge in [-0.1, -0.05) is 6.92 Å². The van der Waals surface area contributed by atoms with E-state index in [1.807, 2.05) is 27.7 Å². The molecule has 2 fully saturated rings. The van der Waals surface area contributed by atoms with Crippen LogP contribution < -0.4 is 0 Å². The van der Waals surface area contributed by atoms with Crippen molar-refractivity contribution in [1.29, 1.82) is 0 Å². The first-order chi connectivity index (χ1) is 8.74. The molecule has 108 valence electrons. The molecule has 2 aliphatic heterocycles. The Morgan fingerprint density at radius 2 is 1.84 bits per heavy atom. The van der Waals surface area contributed by atoms with Crippen molar-refractivity contribution >= 4 is 12.4 Å². The Morgan fingerprint density at radius 1 is 1.32 bits per heavy atom. The van der Waals surface area contributed by atoms with E-state index in [2.05, 4.69) is 0 Å². The zero-order chi connectivity index (χ0) is 14.3. The first kappa shape index (κ1) is 14.3. The summed E-state index contributed by atoms with van der Waals surface area (Å²) in [6.45, 7) is 8.50. The summed E-state index contributed by atoms with van der Waals surface area (Å²) in [7, 11) is 0. The van der Waals surface area contributed by atoms with Gasteiger partial charge in [-0.3, -0.25) is 4.90 Å². The van der Waals surface area contributed by atoms with E-state index in [1.165, 1.54) is 0 Å². The fourth-order valence-electron chi connectivity index (χ4n) is 2.98. The fraction of sp³-hybridized carbons (Fsp3) is 0.857. The van der Waals surface area contributed by atoms with Crippen molar-refractivity contribution in [2.75, 3.05) is 13.2 Å². The molecule has 19 heavy (non-hydrogen) atoms. The van der Waals surface area contributed by atoms with Crippen molar-refractivity contribution in [2.24, 2.45) is 5.41 Å². The minimum atomic E-state index is -0.502. The number of aldehydes is 1. The molecule has 2 heterocycles. The van der Waals surface area contributed by atoms with E-state index in [1.54, 1.807) is 4.90 Å². The molecule has 2 rings (SSSR count). The molecule has 0 N–H and O–H groups in total. The first-order valence-electron chi connectivity index (χ1n) is 6.79. The van der Waals surface area contributed by atoms with E-state index in [0.29, 0.717) is 26.1 Å². The van der Waals surface area contributed by atoms with Gasteiger partial charge in [-0.25, -0.2) is 4.79 Å². The number of carbonyl (C=O) groups excluding carboxylic acids is 2. The Hall–Kier alpha value is -1.10. The molecule has 0 aromatic carbocycles. The molecule has 0 aromatic rings. The molecule has 2 bridgehead atoms. The summed E-state index contributed by atoms with van der Waals surface area (Å²) in [6.07, 6.45) is 2.02. The molecule has 0 aromatic heterocycles. The van der Waals surface area contributed by atoms with Crippen molar-refractivity contribution in [1.82, 2.24) is 4.90 Å². The summed E-state index contributed by atoms with van der Waals surface area (Å²) in [6, 6.07) is -0.116. The maximum atomic E-state index is 12.3. The lowest BCUT2D eigenvalue weighted by Crippen LogP contribution is -2.62. The highest BCUT2D eigenvalue weighted by Crippen LogP contribution is 2.39. The van der Waals surface area contributed by atoms with Gasteiger partial charge in [-0.2, -0.15) is 0 Å². The van der Waals surface area contributed by atoms with E-state index in [9.17, 15) is 9.59 Å². The third-order valence-electron chi connectivity index (χ3n) is 3.70. The molecule has 0 radical (unpaired) electrons. The van der Waals surface area contributed by atoms with Crippen LogP contribution in [0.3, 0.4) is 0 Å². The second-order valence-corrected chi connectivity index (χ2v) is 6.91. The van der Waals surface area contributed by atoms with Gasteiger partial charge in [0.25, 0.3) is 0 Å². The summed E-state index contributed by atoms with van der Waals surface area (Å²) >= 11 is 0. The number of hydrogen-bond acceptors (Lipinski definition) is 4. The molecular formula is C14H23NO4. The van der Waals surface area contributed by atoms with Crippen molar-refractivity contribution < 1.29 is 19.1 Å². The van der Waals surface area contributed by atoms with Crippen molar-refractivity contribution in [3.05, 3.63) is 0 Å². The molecule has 0 aliphatic carbocycles. The number of hydrogen-bond donors (Lipinski definition) is 0. The minimum Gasteiger partial charge on any atom is -0.444 e. The number of piperidine rings is 1. The maximum absolute atomic E-state index is 12.3. The van der Waals surface area contributed by atoms with Crippen LogP contribution in [0.2, 0.25) is 0 Å². The van der Waals surface area contributed by atoms with Gasteiger partial charge < -0.3 is 14.3 Å². The zero-order valence-corrected chi connectivity index (χ0v) is 12.1. The van der Waals surface area contributed by atoms with Crippen LogP contribution in [-0.2, 0) is 14.3 Å². The largest absolute Gasteiger partial charge is 0.444 e. The summed E-state index contributed by atoms with van der Waals surface area (Å²) in [4.78, 5) is 25.3. The fourth-order valence-corrected chi connectivity index (χ4v) is 2.98. The smallest absolute Gasteiger partial charge is 0.410 e. The Morgan fingerprint density at radius 3 is 2.26 bits per heavy atom. The zero-order valence-electron chi connectivity index (χ0n) is 12.1.